The lowest BCUT2D eigenvalue weighted by Gasteiger charge is -2.15. The summed E-state index contributed by atoms with van der Waals surface area (Å²) in [5.41, 5.74) is 1.81. The minimum atomic E-state index is -3.65. The summed E-state index contributed by atoms with van der Waals surface area (Å²) in [5, 5.41) is 2.86. The maximum atomic E-state index is 12.5. The molecule has 0 aliphatic heterocycles. The van der Waals surface area contributed by atoms with Crippen molar-refractivity contribution in [1.82, 2.24) is 10.0 Å². The van der Waals surface area contributed by atoms with E-state index in [4.69, 9.17) is 9.47 Å². The normalized spacial score (nSPS) is 12.1. The van der Waals surface area contributed by atoms with Crippen molar-refractivity contribution in [3.8, 4) is 11.5 Å². The molecular formula is C24H26N2O5S. The third-order valence-electron chi connectivity index (χ3n) is 4.81. The number of ether oxygens (including phenoxy) is 2. The van der Waals surface area contributed by atoms with E-state index in [0.717, 1.165) is 16.9 Å². The van der Waals surface area contributed by atoms with E-state index in [1.54, 1.807) is 7.11 Å². The molecule has 0 unspecified atom stereocenters. The van der Waals surface area contributed by atoms with Gasteiger partial charge in [0.1, 0.15) is 11.5 Å². The predicted molar refractivity (Wildman–Crippen MR) is 122 cm³/mol. The second-order valence-corrected chi connectivity index (χ2v) is 8.90. The molecule has 3 aromatic carbocycles. The lowest BCUT2D eigenvalue weighted by atomic mass is 10.1. The third-order valence-corrected chi connectivity index (χ3v) is 6.22. The van der Waals surface area contributed by atoms with Crippen LogP contribution in [0.5, 0.6) is 11.5 Å². The van der Waals surface area contributed by atoms with Gasteiger partial charge in [-0.2, -0.15) is 0 Å². The van der Waals surface area contributed by atoms with Crippen molar-refractivity contribution in [1.29, 1.82) is 0 Å². The van der Waals surface area contributed by atoms with Gasteiger partial charge >= 0.3 is 0 Å². The largest absolute Gasteiger partial charge is 0.497 e. The highest BCUT2D eigenvalue weighted by Crippen LogP contribution is 2.18. The van der Waals surface area contributed by atoms with Gasteiger partial charge in [0, 0.05) is 6.54 Å². The molecule has 0 saturated heterocycles. The molecule has 3 rings (SSSR count). The average molecular weight is 455 g/mol. The molecule has 0 bridgehead atoms. The molecule has 7 nitrogen and oxygen atoms in total. The van der Waals surface area contributed by atoms with Gasteiger partial charge in [0.2, 0.25) is 10.0 Å². The zero-order chi connectivity index (χ0) is 23.0. The van der Waals surface area contributed by atoms with Gasteiger partial charge in [0.15, 0.2) is 6.61 Å². The Morgan fingerprint density at radius 2 is 1.53 bits per heavy atom. The van der Waals surface area contributed by atoms with Gasteiger partial charge in [-0.15, -0.1) is 0 Å². The number of nitrogens with one attached hydrogen (secondary N) is 2. The number of carbonyl (C=O) groups is 1. The van der Waals surface area contributed by atoms with Gasteiger partial charge in [-0.05, 0) is 54.4 Å². The zero-order valence-electron chi connectivity index (χ0n) is 17.9. The fourth-order valence-electron chi connectivity index (χ4n) is 2.98. The van der Waals surface area contributed by atoms with Crippen LogP contribution in [0.4, 0.5) is 0 Å². The summed E-state index contributed by atoms with van der Waals surface area (Å²) < 4.78 is 38.1. The highest BCUT2D eigenvalue weighted by molar-refractivity contribution is 7.89. The molecule has 1 atom stereocenters. The Hall–Kier alpha value is -3.36. The molecule has 0 aliphatic rings. The first-order valence-corrected chi connectivity index (χ1v) is 11.6. The van der Waals surface area contributed by atoms with E-state index in [2.05, 4.69) is 10.0 Å². The lowest BCUT2D eigenvalue weighted by Crippen LogP contribution is -2.31. The fourth-order valence-corrected chi connectivity index (χ4v) is 4.00. The predicted octanol–water partition coefficient (Wildman–Crippen LogP) is 3.43. The summed E-state index contributed by atoms with van der Waals surface area (Å²) in [6, 6.07) is 22.4. The van der Waals surface area contributed by atoms with Crippen LogP contribution in [0.15, 0.2) is 83.8 Å². The third kappa shape index (κ3) is 6.57. The van der Waals surface area contributed by atoms with Crippen LogP contribution in [0.3, 0.4) is 0 Å². The first-order valence-electron chi connectivity index (χ1n) is 10.1. The van der Waals surface area contributed by atoms with Gasteiger partial charge in [0.25, 0.3) is 5.91 Å². The Bertz CT molecular complexity index is 1120. The SMILES string of the molecule is COc1ccc([C@H](C)NC(=O)COc2ccc(S(=O)(=O)NCc3ccccc3)cc2)cc1. The van der Waals surface area contributed by atoms with E-state index < -0.39 is 10.0 Å². The van der Waals surface area contributed by atoms with Crippen LogP contribution in [-0.4, -0.2) is 28.0 Å². The van der Waals surface area contributed by atoms with E-state index in [1.807, 2.05) is 61.5 Å². The molecule has 2 N–H and O–H groups in total. The zero-order valence-corrected chi connectivity index (χ0v) is 18.8. The molecule has 0 saturated carbocycles. The number of amides is 1. The van der Waals surface area contributed by atoms with Gasteiger partial charge in [-0.25, -0.2) is 13.1 Å². The molecule has 8 heteroatoms. The minimum Gasteiger partial charge on any atom is -0.497 e. The minimum absolute atomic E-state index is 0.123. The molecule has 0 aromatic heterocycles. The Morgan fingerprint density at radius 3 is 2.16 bits per heavy atom. The van der Waals surface area contributed by atoms with Gasteiger partial charge in [-0.3, -0.25) is 4.79 Å². The molecule has 1 amide bonds. The van der Waals surface area contributed by atoms with Crippen LogP contribution in [0.1, 0.15) is 24.1 Å². The van der Waals surface area contributed by atoms with Crippen LogP contribution in [0.2, 0.25) is 0 Å². The summed E-state index contributed by atoms with van der Waals surface area (Å²) in [5.74, 6) is 0.866. The topological polar surface area (TPSA) is 93.7 Å². The second-order valence-electron chi connectivity index (χ2n) is 7.13. The van der Waals surface area contributed by atoms with Gasteiger partial charge in [0.05, 0.1) is 18.0 Å². The Labute approximate surface area is 188 Å². The molecule has 168 valence electrons. The van der Waals surface area contributed by atoms with Crippen LogP contribution in [0, 0.1) is 0 Å². The van der Waals surface area contributed by atoms with Crippen LogP contribution in [-0.2, 0) is 21.4 Å². The van der Waals surface area contributed by atoms with Crippen molar-refractivity contribution in [3.63, 3.8) is 0 Å². The summed E-state index contributed by atoms with van der Waals surface area (Å²) in [6.07, 6.45) is 0. The van der Waals surface area contributed by atoms with Crippen molar-refractivity contribution in [3.05, 3.63) is 90.0 Å². The first kappa shape index (κ1) is 23.3. The van der Waals surface area contributed by atoms with Gasteiger partial charge < -0.3 is 14.8 Å². The molecule has 0 aliphatic carbocycles. The summed E-state index contributed by atoms with van der Waals surface area (Å²) in [6.45, 7) is 1.90. The van der Waals surface area contributed by atoms with Crippen LogP contribution in [0.25, 0.3) is 0 Å². The monoisotopic (exact) mass is 454 g/mol. The summed E-state index contributed by atoms with van der Waals surface area (Å²) >= 11 is 0. The average Bonchev–Trinajstić information content (AvgIpc) is 2.82. The second kappa shape index (κ2) is 10.8. The van der Waals surface area contributed by atoms with Crippen molar-refractivity contribution in [2.24, 2.45) is 0 Å². The highest BCUT2D eigenvalue weighted by Gasteiger charge is 2.14. The number of rotatable bonds is 10. The maximum absolute atomic E-state index is 12.5. The van der Waals surface area contributed by atoms with E-state index in [0.29, 0.717) is 5.75 Å². The van der Waals surface area contributed by atoms with Crippen molar-refractivity contribution < 1.29 is 22.7 Å². The molecule has 0 spiro atoms. The Kier molecular flexibility index (Phi) is 7.86. The standard InChI is InChI=1S/C24H26N2O5S/c1-18(20-8-10-21(30-2)11-9-20)26-24(27)17-31-22-12-14-23(15-13-22)32(28,29)25-16-19-6-4-3-5-7-19/h3-15,18,25H,16-17H2,1-2H3,(H,26,27)/t18-/m0/s1. The molecule has 32 heavy (non-hydrogen) atoms. The highest BCUT2D eigenvalue weighted by atomic mass is 32.2. The molecule has 0 heterocycles. The van der Waals surface area contributed by atoms with Crippen molar-refractivity contribution in [2.75, 3.05) is 13.7 Å². The number of sulfonamides is 1. The fraction of sp³-hybridized carbons (Fsp3) is 0.208. The van der Waals surface area contributed by atoms with Crippen molar-refractivity contribution in [2.45, 2.75) is 24.4 Å². The maximum Gasteiger partial charge on any atom is 0.258 e. The molecular weight excluding hydrogens is 428 g/mol. The number of methoxy groups -OCH3 is 1. The van der Waals surface area contributed by atoms with E-state index in [9.17, 15) is 13.2 Å². The number of benzene rings is 3. The summed E-state index contributed by atoms with van der Waals surface area (Å²) in [4.78, 5) is 12.3. The van der Waals surface area contributed by atoms with Gasteiger partial charge in [-0.1, -0.05) is 42.5 Å². The molecule has 3 aromatic rings. The van der Waals surface area contributed by atoms with E-state index in [-0.39, 0.29) is 30.0 Å². The number of hydrogen-bond acceptors (Lipinski definition) is 5. The lowest BCUT2D eigenvalue weighted by molar-refractivity contribution is -0.123. The first-order chi connectivity index (χ1) is 15.4. The number of hydrogen-bond donors (Lipinski definition) is 2. The quantitative estimate of drug-likeness (QED) is 0.490. The van der Waals surface area contributed by atoms with Crippen LogP contribution >= 0.6 is 0 Å². The Morgan fingerprint density at radius 1 is 0.906 bits per heavy atom. The summed E-state index contributed by atoms with van der Waals surface area (Å²) in [7, 11) is -2.05. The number of carbonyl (C=O) groups excluding carboxylic acids is 1. The molecule has 0 radical (unpaired) electrons. The van der Waals surface area contributed by atoms with E-state index in [1.165, 1.54) is 24.3 Å². The van der Waals surface area contributed by atoms with Crippen molar-refractivity contribution >= 4 is 15.9 Å². The smallest absolute Gasteiger partial charge is 0.258 e. The van der Waals surface area contributed by atoms with E-state index >= 15 is 0 Å². The molecule has 0 fully saturated rings. The Balaban J connectivity index is 1.49. The van der Waals surface area contributed by atoms with Crippen LogP contribution < -0.4 is 19.5 Å².